The van der Waals surface area contributed by atoms with Crippen LogP contribution in [0.3, 0.4) is 0 Å². The summed E-state index contributed by atoms with van der Waals surface area (Å²) >= 11 is 0. The van der Waals surface area contributed by atoms with Crippen molar-refractivity contribution in [2.24, 2.45) is 0 Å². The fourth-order valence-corrected chi connectivity index (χ4v) is 3.63. The van der Waals surface area contributed by atoms with Gasteiger partial charge in [-0.1, -0.05) is 30.3 Å². The van der Waals surface area contributed by atoms with Crippen LogP contribution in [-0.2, 0) is 6.54 Å². The van der Waals surface area contributed by atoms with Gasteiger partial charge in [0.25, 0.3) is 5.91 Å². The molecule has 0 aliphatic carbocycles. The van der Waals surface area contributed by atoms with Crippen molar-refractivity contribution in [1.29, 1.82) is 0 Å². The lowest BCUT2D eigenvalue weighted by atomic mass is 10.0. The number of likely N-dealkylation sites (tertiary alicyclic amines) is 1. The van der Waals surface area contributed by atoms with Crippen LogP contribution in [0.15, 0.2) is 42.6 Å². The number of hydrogen-bond acceptors (Lipinski definition) is 4. The fourth-order valence-electron chi connectivity index (χ4n) is 3.63. The van der Waals surface area contributed by atoms with Gasteiger partial charge in [0.1, 0.15) is 0 Å². The molecule has 26 heavy (non-hydrogen) atoms. The number of aromatic nitrogens is 3. The summed E-state index contributed by atoms with van der Waals surface area (Å²) in [5.74, 6) is -0.0796. The predicted molar refractivity (Wildman–Crippen MR) is 101 cm³/mol. The number of hydrogen-bond donors (Lipinski definition) is 2. The normalized spacial score (nSPS) is 20.5. The number of carbonyl (C=O) groups excluding carboxylic acids is 1. The number of pyridine rings is 1. The molecule has 1 amide bonds. The summed E-state index contributed by atoms with van der Waals surface area (Å²) in [7, 11) is 0. The Morgan fingerprint density at radius 1 is 1.35 bits per heavy atom. The maximum Gasteiger partial charge on any atom is 0.253 e. The highest BCUT2D eigenvalue weighted by molar-refractivity contribution is 5.97. The number of benzene rings is 1. The molecule has 6 heteroatoms. The SMILES string of the molecule is Cc1[nH]nc2ncc(C(=O)NC3(C)CCN(Cc4ccccc4)C3)cc12. The molecule has 6 nitrogen and oxygen atoms in total. The van der Waals surface area contributed by atoms with Gasteiger partial charge < -0.3 is 5.32 Å². The van der Waals surface area contributed by atoms with Crippen molar-refractivity contribution in [3.63, 3.8) is 0 Å². The van der Waals surface area contributed by atoms with Crippen LogP contribution in [-0.4, -0.2) is 44.6 Å². The van der Waals surface area contributed by atoms with Gasteiger partial charge in [0.05, 0.1) is 11.1 Å². The molecule has 0 spiro atoms. The van der Waals surface area contributed by atoms with E-state index in [1.54, 1.807) is 6.20 Å². The molecular formula is C20H23N5O. The van der Waals surface area contributed by atoms with Crippen LogP contribution in [0.4, 0.5) is 0 Å². The minimum absolute atomic E-state index is 0.0796. The predicted octanol–water partition coefficient (Wildman–Crippen LogP) is 2.66. The summed E-state index contributed by atoms with van der Waals surface area (Å²) in [6.07, 6.45) is 2.53. The Morgan fingerprint density at radius 2 is 2.15 bits per heavy atom. The average Bonchev–Trinajstić information content (AvgIpc) is 3.18. The molecule has 0 radical (unpaired) electrons. The monoisotopic (exact) mass is 349 g/mol. The van der Waals surface area contributed by atoms with E-state index in [0.29, 0.717) is 11.2 Å². The molecule has 3 aromatic rings. The maximum atomic E-state index is 12.7. The van der Waals surface area contributed by atoms with Gasteiger partial charge in [-0.05, 0) is 31.9 Å². The molecule has 1 aliphatic heterocycles. The third-order valence-corrected chi connectivity index (χ3v) is 5.08. The van der Waals surface area contributed by atoms with Gasteiger partial charge in [0.2, 0.25) is 0 Å². The van der Waals surface area contributed by atoms with Gasteiger partial charge >= 0.3 is 0 Å². The van der Waals surface area contributed by atoms with E-state index in [1.807, 2.05) is 19.1 Å². The van der Waals surface area contributed by atoms with Crippen LogP contribution in [0.1, 0.15) is 35.0 Å². The standard InChI is InChI=1S/C20H23N5O/c1-14-17-10-16(11-21-18(17)24-23-14)19(26)22-20(2)8-9-25(13-20)12-15-6-4-3-5-7-15/h3-7,10-11H,8-9,12-13H2,1-2H3,(H,22,26)(H,21,23,24). The molecule has 1 unspecified atom stereocenters. The van der Waals surface area contributed by atoms with E-state index in [4.69, 9.17) is 0 Å². The van der Waals surface area contributed by atoms with Gasteiger partial charge in [-0.15, -0.1) is 0 Å². The number of nitrogens with one attached hydrogen (secondary N) is 2. The molecule has 1 aromatic carbocycles. The van der Waals surface area contributed by atoms with E-state index in [9.17, 15) is 4.79 Å². The Balaban J connectivity index is 1.44. The summed E-state index contributed by atoms with van der Waals surface area (Å²) in [5.41, 5.74) is 3.20. The highest BCUT2D eigenvalue weighted by atomic mass is 16.1. The molecule has 4 rings (SSSR count). The average molecular weight is 349 g/mol. The lowest BCUT2D eigenvalue weighted by Crippen LogP contribution is -2.47. The summed E-state index contributed by atoms with van der Waals surface area (Å²) in [6, 6.07) is 12.3. The third kappa shape index (κ3) is 3.32. The second-order valence-electron chi connectivity index (χ2n) is 7.40. The van der Waals surface area contributed by atoms with Gasteiger partial charge in [0.15, 0.2) is 5.65 Å². The molecule has 1 aliphatic rings. The van der Waals surface area contributed by atoms with Gasteiger partial charge in [0, 0.05) is 36.9 Å². The van der Waals surface area contributed by atoms with E-state index in [-0.39, 0.29) is 11.4 Å². The summed E-state index contributed by atoms with van der Waals surface area (Å²) in [6.45, 7) is 6.77. The summed E-state index contributed by atoms with van der Waals surface area (Å²) in [5, 5.41) is 11.1. The minimum atomic E-state index is -0.230. The quantitative estimate of drug-likeness (QED) is 0.759. The second kappa shape index (κ2) is 6.53. The van der Waals surface area contributed by atoms with E-state index in [2.05, 4.69) is 56.6 Å². The van der Waals surface area contributed by atoms with Crippen LogP contribution in [0.2, 0.25) is 0 Å². The molecule has 134 valence electrons. The molecule has 2 aromatic heterocycles. The van der Waals surface area contributed by atoms with Crippen molar-refractivity contribution in [3.8, 4) is 0 Å². The van der Waals surface area contributed by atoms with E-state index in [0.717, 1.165) is 37.1 Å². The topological polar surface area (TPSA) is 73.9 Å². The first-order chi connectivity index (χ1) is 12.5. The summed E-state index contributed by atoms with van der Waals surface area (Å²) in [4.78, 5) is 19.4. The molecule has 1 atom stereocenters. The summed E-state index contributed by atoms with van der Waals surface area (Å²) < 4.78 is 0. The number of H-pyrrole nitrogens is 1. The van der Waals surface area contributed by atoms with Crippen molar-refractivity contribution in [3.05, 3.63) is 59.4 Å². The molecule has 3 heterocycles. The van der Waals surface area contributed by atoms with E-state index < -0.39 is 0 Å². The van der Waals surface area contributed by atoms with Crippen LogP contribution >= 0.6 is 0 Å². The molecule has 2 N–H and O–H groups in total. The Bertz CT molecular complexity index is 936. The van der Waals surface area contributed by atoms with Gasteiger partial charge in [-0.25, -0.2) is 4.98 Å². The first kappa shape index (κ1) is 16.7. The third-order valence-electron chi connectivity index (χ3n) is 5.08. The van der Waals surface area contributed by atoms with Crippen molar-refractivity contribution in [2.45, 2.75) is 32.4 Å². The maximum absolute atomic E-state index is 12.7. The first-order valence-electron chi connectivity index (χ1n) is 8.92. The van der Waals surface area contributed by atoms with E-state index >= 15 is 0 Å². The van der Waals surface area contributed by atoms with Gasteiger partial charge in [-0.3, -0.25) is 14.8 Å². The van der Waals surface area contributed by atoms with Crippen LogP contribution in [0, 0.1) is 6.92 Å². The molecule has 1 fully saturated rings. The second-order valence-corrected chi connectivity index (χ2v) is 7.40. The number of carbonyl (C=O) groups is 1. The largest absolute Gasteiger partial charge is 0.345 e. The first-order valence-corrected chi connectivity index (χ1v) is 8.92. The number of fused-ring (bicyclic) bond motifs is 1. The van der Waals surface area contributed by atoms with Gasteiger partial charge in [-0.2, -0.15) is 5.10 Å². The highest BCUT2D eigenvalue weighted by Gasteiger charge is 2.35. The Morgan fingerprint density at radius 3 is 2.96 bits per heavy atom. The number of aromatic amines is 1. The van der Waals surface area contributed by atoms with Crippen molar-refractivity contribution in [1.82, 2.24) is 25.4 Å². The van der Waals surface area contributed by atoms with Crippen LogP contribution in [0.5, 0.6) is 0 Å². The zero-order valence-electron chi connectivity index (χ0n) is 15.1. The molecular weight excluding hydrogens is 326 g/mol. The fraction of sp³-hybridized carbons (Fsp3) is 0.350. The lowest BCUT2D eigenvalue weighted by molar-refractivity contribution is 0.0907. The Labute approximate surface area is 152 Å². The lowest BCUT2D eigenvalue weighted by Gasteiger charge is -2.26. The highest BCUT2D eigenvalue weighted by Crippen LogP contribution is 2.23. The van der Waals surface area contributed by atoms with E-state index in [1.165, 1.54) is 5.56 Å². The molecule has 0 saturated carbocycles. The molecule has 0 bridgehead atoms. The van der Waals surface area contributed by atoms with Crippen molar-refractivity contribution in [2.75, 3.05) is 13.1 Å². The Kier molecular flexibility index (Phi) is 4.20. The van der Waals surface area contributed by atoms with Crippen LogP contribution in [0.25, 0.3) is 11.0 Å². The number of amides is 1. The van der Waals surface area contributed by atoms with Crippen LogP contribution < -0.4 is 5.32 Å². The number of rotatable bonds is 4. The minimum Gasteiger partial charge on any atom is -0.345 e. The molecule has 1 saturated heterocycles. The zero-order valence-corrected chi connectivity index (χ0v) is 15.1. The zero-order chi connectivity index (χ0) is 18.1. The Hall–Kier alpha value is -2.73. The van der Waals surface area contributed by atoms with Crippen molar-refractivity contribution >= 4 is 16.9 Å². The van der Waals surface area contributed by atoms with Crippen molar-refractivity contribution < 1.29 is 4.79 Å². The smallest absolute Gasteiger partial charge is 0.253 e. The number of nitrogens with zero attached hydrogens (tertiary/aromatic N) is 3. The number of aryl methyl sites for hydroxylation is 1.